The van der Waals surface area contributed by atoms with Crippen LogP contribution in [-0.4, -0.2) is 20.1 Å². The van der Waals surface area contributed by atoms with Gasteiger partial charge in [-0.25, -0.2) is 4.39 Å². The standard InChI is InChI=1S/C12H19FN2/c1-3-10(8-14)9-15(2)12-6-4-5-11(13)7-12/h4-7,10H,3,8-9,14H2,1-2H3. The lowest BCUT2D eigenvalue weighted by atomic mass is 10.1. The maximum absolute atomic E-state index is 13.0. The van der Waals surface area contributed by atoms with Crippen molar-refractivity contribution in [3.05, 3.63) is 30.1 Å². The van der Waals surface area contributed by atoms with Gasteiger partial charge in [0.15, 0.2) is 0 Å². The zero-order valence-electron chi connectivity index (χ0n) is 9.41. The summed E-state index contributed by atoms with van der Waals surface area (Å²) in [6.07, 6.45) is 1.05. The van der Waals surface area contributed by atoms with Crippen LogP contribution in [0.2, 0.25) is 0 Å². The molecule has 0 heterocycles. The van der Waals surface area contributed by atoms with Crippen molar-refractivity contribution in [2.75, 3.05) is 25.0 Å². The number of nitrogens with zero attached hydrogens (tertiary/aromatic N) is 1. The minimum absolute atomic E-state index is 0.194. The van der Waals surface area contributed by atoms with Crippen LogP contribution in [0, 0.1) is 11.7 Å². The van der Waals surface area contributed by atoms with E-state index >= 15 is 0 Å². The van der Waals surface area contributed by atoms with Gasteiger partial charge in [0.05, 0.1) is 0 Å². The highest BCUT2D eigenvalue weighted by Gasteiger charge is 2.08. The van der Waals surface area contributed by atoms with Crippen LogP contribution >= 0.6 is 0 Å². The molecule has 0 radical (unpaired) electrons. The molecule has 0 aromatic heterocycles. The third-order valence-electron chi connectivity index (χ3n) is 2.69. The lowest BCUT2D eigenvalue weighted by molar-refractivity contribution is 0.520. The third kappa shape index (κ3) is 3.51. The minimum atomic E-state index is -0.194. The van der Waals surface area contributed by atoms with Crippen molar-refractivity contribution in [3.8, 4) is 0 Å². The Kier molecular flexibility index (Phi) is 4.56. The van der Waals surface area contributed by atoms with Crippen LogP contribution in [0.5, 0.6) is 0 Å². The summed E-state index contributed by atoms with van der Waals surface area (Å²) in [6, 6.07) is 6.64. The summed E-state index contributed by atoms with van der Waals surface area (Å²) < 4.78 is 13.0. The summed E-state index contributed by atoms with van der Waals surface area (Å²) in [6.45, 7) is 3.67. The first-order chi connectivity index (χ1) is 7.17. The number of hydrogen-bond donors (Lipinski definition) is 1. The van der Waals surface area contributed by atoms with Gasteiger partial charge in [0.2, 0.25) is 0 Å². The fourth-order valence-corrected chi connectivity index (χ4v) is 1.58. The number of hydrogen-bond acceptors (Lipinski definition) is 2. The van der Waals surface area contributed by atoms with E-state index in [0.717, 1.165) is 18.7 Å². The molecule has 0 saturated heterocycles. The number of anilines is 1. The lowest BCUT2D eigenvalue weighted by Crippen LogP contribution is -2.29. The Morgan fingerprint density at radius 1 is 1.47 bits per heavy atom. The highest BCUT2D eigenvalue weighted by Crippen LogP contribution is 2.15. The fraction of sp³-hybridized carbons (Fsp3) is 0.500. The van der Waals surface area contributed by atoms with Crippen molar-refractivity contribution in [1.82, 2.24) is 0 Å². The van der Waals surface area contributed by atoms with Gasteiger partial charge in [-0.3, -0.25) is 0 Å². The van der Waals surface area contributed by atoms with E-state index in [1.54, 1.807) is 12.1 Å². The first-order valence-corrected chi connectivity index (χ1v) is 5.34. The molecule has 0 saturated carbocycles. The molecule has 3 heteroatoms. The van der Waals surface area contributed by atoms with E-state index in [0.29, 0.717) is 12.5 Å². The van der Waals surface area contributed by atoms with Crippen LogP contribution in [0.15, 0.2) is 24.3 Å². The molecule has 0 aliphatic heterocycles. The highest BCUT2D eigenvalue weighted by molar-refractivity contribution is 5.45. The van der Waals surface area contributed by atoms with Crippen LogP contribution in [0.4, 0.5) is 10.1 Å². The maximum Gasteiger partial charge on any atom is 0.125 e. The molecule has 0 bridgehead atoms. The predicted molar refractivity (Wildman–Crippen MR) is 62.5 cm³/mol. The van der Waals surface area contributed by atoms with Crippen molar-refractivity contribution >= 4 is 5.69 Å². The molecular weight excluding hydrogens is 191 g/mol. The number of benzene rings is 1. The average molecular weight is 210 g/mol. The molecule has 0 aliphatic rings. The van der Waals surface area contributed by atoms with Gasteiger partial charge in [-0.05, 0) is 30.7 Å². The second-order valence-corrected chi connectivity index (χ2v) is 3.87. The number of halogens is 1. The van der Waals surface area contributed by atoms with Gasteiger partial charge in [-0.2, -0.15) is 0 Å². The van der Waals surface area contributed by atoms with Crippen LogP contribution in [0.1, 0.15) is 13.3 Å². The Labute approximate surface area is 90.9 Å². The van der Waals surface area contributed by atoms with E-state index in [1.807, 2.05) is 18.0 Å². The normalized spacial score (nSPS) is 12.5. The minimum Gasteiger partial charge on any atom is -0.374 e. The third-order valence-corrected chi connectivity index (χ3v) is 2.69. The first-order valence-electron chi connectivity index (χ1n) is 5.34. The molecule has 0 fully saturated rings. The summed E-state index contributed by atoms with van der Waals surface area (Å²) in [5, 5.41) is 0. The van der Waals surface area contributed by atoms with E-state index in [2.05, 4.69) is 6.92 Å². The molecule has 1 aromatic carbocycles. The van der Waals surface area contributed by atoms with Crippen LogP contribution in [-0.2, 0) is 0 Å². The zero-order valence-corrected chi connectivity index (χ0v) is 9.41. The molecule has 2 N–H and O–H groups in total. The SMILES string of the molecule is CCC(CN)CN(C)c1cccc(F)c1. The van der Waals surface area contributed by atoms with Crippen LogP contribution in [0.25, 0.3) is 0 Å². The van der Waals surface area contributed by atoms with Gasteiger partial charge in [0.25, 0.3) is 0 Å². The summed E-state index contributed by atoms with van der Waals surface area (Å²) in [5.41, 5.74) is 6.54. The Balaban J connectivity index is 2.64. The van der Waals surface area contributed by atoms with Crippen molar-refractivity contribution in [2.24, 2.45) is 11.7 Å². The Hall–Kier alpha value is -1.09. The van der Waals surface area contributed by atoms with Crippen LogP contribution in [0.3, 0.4) is 0 Å². The average Bonchev–Trinajstić information content (AvgIpc) is 2.25. The van der Waals surface area contributed by atoms with Crippen molar-refractivity contribution in [3.63, 3.8) is 0 Å². The summed E-state index contributed by atoms with van der Waals surface area (Å²) in [5.74, 6) is 0.276. The molecule has 15 heavy (non-hydrogen) atoms. The van der Waals surface area contributed by atoms with Gasteiger partial charge in [-0.15, -0.1) is 0 Å². The van der Waals surface area contributed by atoms with E-state index in [-0.39, 0.29) is 5.82 Å². The second kappa shape index (κ2) is 5.71. The van der Waals surface area contributed by atoms with E-state index < -0.39 is 0 Å². The van der Waals surface area contributed by atoms with Crippen molar-refractivity contribution < 1.29 is 4.39 Å². The first kappa shape index (κ1) is 12.0. The quantitative estimate of drug-likeness (QED) is 0.807. The number of rotatable bonds is 5. The summed E-state index contributed by atoms with van der Waals surface area (Å²) in [4.78, 5) is 2.05. The predicted octanol–water partition coefficient (Wildman–Crippen LogP) is 2.25. The van der Waals surface area contributed by atoms with E-state index in [1.165, 1.54) is 6.07 Å². The van der Waals surface area contributed by atoms with Crippen molar-refractivity contribution in [1.29, 1.82) is 0 Å². The molecule has 84 valence electrons. The lowest BCUT2D eigenvalue weighted by Gasteiger charge is -2.24. The largest absolute Gasteiger partial charge is 0.374 e. The molecule has 1 aromatic rings. The Morgan fingerprint density at radius 3 is 2.73 bits per heavy atom. The topological polar surface area (TPSA) is 29.3 Å². The molecular formula is C12H19FN2. The Bertz CT molecular complexity index is 297. The van der Waals surface area contributed by atoms with Gasteiger partial charge in [0.1, 0.15) is 5.82 Å². The molecule has 2 nitrogen and oxygen atoms in total. The summed E-state index contributed by atoms with van der Waals surface area (Å²) >= 11 is 0. The van der Waals surface area contributed by atoms with Gasteiger partial charge in [0, 0.05) is 19.3 Å². The number of nitrogens with two attached hydrogens (primary N) is 1. The van der Waals surface area contributed by atoms with Crippen molar-refractivity contribution in [2.45, 2.75) is 13.3 Å². The molecule has 1 atom stereocenters. The van der Waals surface area contributed by atoms with Gasteiger partial charge in [-0.1, -0.05) is 19.4 Å². The summed E-state index contributed by atoms with van der Waals surface area (Å²) in [7, 11) is 1.97. The monoisotopic (exact) mass is 210 g/mol. The smallest absolute Gasteiger partial charge is 0.125 e. The van der Waals surface area contributed by atoms with E-state index in [9.17, 15) is 4.39 Å². The molecule has 0 spiro atoms. The van der Waals surface area contributed by atoms with Gasteiger partial charge >= 0.3 is 0 Å². The Morgan fingerprint density at radius 2 is 2.20 bits per heavy atom. The van der Waals surface area contributed by atoms with Gasteiger partial charge < -0.3 is 10.6 Å². The molecule has 0 aliphatic carbocycles. The second-order valence-electron chi connectivity index (χ2n) is 3.87. The highest BCUT2D eigenvalue weighted by atomic mass is 19.1. The van der Waals surface area contributed by atoms with E-state index in [4.69, 9.17) is 5.73 Å². The zero-order chi connectivity index (χ0) is 11.3. The maximum atomic E-state index is 13.0. The molecule has 0 amide bonds. The fourth-order valence-electron chi connectivity index (χ4n) is 1.58. The van der Waals surface area contributed by atoms with Crippen LogP contribution < -0.4 is 10.6 Å². The molecule has 1 unspecified atom stereocenters. The molecule has 1 rings (SSSR count).